The van der Waals surface area contributed by atoms with Gasteiger partial charge in [0.05, 0.1) is 0 Å². The lowest BCUT2D eigenvalue weighted by atomic mass is 9.77. The van der Waals surface area contributed by atoms with Gasteiger partial charge in [-0.3, -0.25) is 0 Å². The largest absolute Gasteiger partial charge is 0.491 e. The summed E-state index contributed by atoms with van der Waals surface area (Å²) in [6.45, 7) is 1.61. The Kier molecular flexibility index (Phi) is 2.87. The van der Waals surface area contributed by atoms with Crippen LogP contribution in [-0.4, -0.2) is 17.2 Å². The van der Waals surface area contributed by atoms with E-state index in [0.717, 1.165) is 0 Å². The summed E-state index contributed by atoms with van der Waals surface area (Å²) in [6.07, 6.45) is 0. The average molecular weight is 233 g/mol. The third-order valence-corrected chi connectivity index (χ3v) is 2.02. The summed E-state index contributed by atoms with van der Waals surface area (Å²) in [4.78, 5) is 0. The van der Waals surface area contributed by atoms with E-state index in [-0.39, 0.29) is 5.46 Å². The highest BCUT2D eigenvalue weighted by Gasteiger charge is 2.19. The summed E-state index contributed by atoms with van der Waals surface area (Å²) in [5.74, 6) is -0.614. The first-order chi connectivity index (χ1) is 5.52. The molecule has 0 aromatic heterocycles. The van der Waals surface area contributed by atoms with Crippen molar-refractivity contribution in [2.75, 3.05) is 0 Å². The van der Waals surface area contributed by atoms with Crippen molar-refractivity contribution in [1.82, 2.24) is 0 Å². The first-order valence-electron chi connectivity index (χ1n) is 3.34. The molecule has 0 spiro atoms. The fourth-order valence-corrected chi connectivity index (χ4v) is 1.58. The van der Waals surface area contributed by atoms with E-state index in [9.17, 15) is 4.39 Å². The molecule has 2 N–H and O–H groups in total. The highest BCUT2D eigenvalue weighted by Crippen LogP contribution is 2.12. The fraction of sp³-hybridized carbons (Fsp3) is 0.143. The van der Waals surface area contributed by atoms with Gasteiger partial charge in [0.1, 0.15) is 5.82 Å². The molecule has 0 saturated carbocycles. The van der Waals surface area contributed by atoms with Crippen LogP contribution >= 0.6 is 15.9 Å². The Bertz CT molecular complexity index is 280. The lowest BCUT2D eigenvalue weighted by molar-refractivity contribution is 0.422. The molecule has 0 amide bonds. The standard InChI is InChI=1S/C7H7BBrFO2/c1-4-2-5(9)3-6(10)7(4)8(11)12/h2-3,11-12H,1H3. The van der Waals surface area contributed by atoms with Crippen molar-refractivity contribution < 1.29 is 14.4 Å². The van der Waals surface area contributed by atoms with E-state index in [2.05, 4.69) is 15.9 Å². The van der Waals surface area contributed by atoms with Crippen LogP contribution in [0, 0.1) is 12.7 Å². The van der Waals surface area contributed by atoms with E-state index in [1.54, 1.807) is 13.0 Å². The summed E-state index contributed by atoms with van der Waals surface area (Å²) in [5, 5.41) is 17.6. The quantitative estimate of drug-likeness (QED) is 0.696. The smallest absolute Gasteiger partial charge is 0.423 e. The Labute approximate surface area is 78.3 Å². The van der Waals surface area contributed by atoms with Gasteiger partial charge in [-0.15, -0.1) is 0 Å². The molecule has 0 aliphatic carbocycles. The Morgan fingerprint density at radius 3 is 2.42 bits per heavy atom. The monoisotopic (exact) mass is 232 g/mol. The van der Waals surface area contributed by atoms with Crippen molar-refractivity contribution in [2.24, 2.45) is 0 Å². The molecule has 0 heterocycles. The first kappa shape index (κ1) is 9.70. The predicted molar refractivity (Wildman–Crippen MR) is 48.7 cm³/mol. The fourth-order valence-electron chi connectivity index (χ4n) is 1.04. The molecular formula is C7H7BBrFO2. The van der Waals surface area contributed by atoms with E-state index >= 15 is 0 Å². The number of rotatable bonds is 1. The molecule has 0 bridgehead atoms. The number of hydrogen-bond donors (Lipinski definition) is 2. The zero-order valence-corrected chi connectivity index (χ0v) is 7.97. The van der Waals surface area contributed by atoms with Crippen molar-refractivity contribution >= 4 is 28.5 Å². The maximum Gasteiger partial charge on any atom is 0.491 e. The van der Waals surface area contributed by atoms with E-state index in [1.807, 2.05) is 0 Å². The van der Waals surface area contributed by atoms with Gasteiger partial charge in [-0.25, -0.2) is 4.39 Å². The van der Waals surface area contributed by atoms with Gasteiger partial charge in [-0.2, -0.15) is 0 Å². The molecule has 1 aromatic carbocycles. The molecule has 1 aromatic rings. The van der Waals surface area contributed by atoms with Crippen LogP contribution in [0.5, 0.6) is 0 Å². The van der Waals surface area contributed by atoms with Crippen molar-refractivity contribution in [3.63, 3.8) is 0 Å². The van der Waals surface area contributed by atoms with Gasteiger partial charge in [0, 0.05) is 9.94 Å². The van der Waals surface area contributed by atoms with Gasteiger partial charge < -0.3 is 10.0 Å². The highest BCUT2D eigenvalue weighted by molar-refractivity contribution is 9.10. The lowest BCUT2D eigenvalue weighted by Gasteiger charge is -2.05. The Morgan fingerprint density at radius 2 is 2.00 bits per heavy atom. The van der Waals surface area contributed by atoms with Gasteiger partial charge >= 0.3 is 7.12 Å². The average Bonchev–Trinajstić information content (AvgIpc) is 1.82. The molecule has 5 heteroatoms. The van der Waals surface area contributed by atoms with Crippen LogP contribution in [0.15, 0.2) is 16.6 Å². The van der Waals surface area contributed by atoms with Crippen molar-refractivity contribution in [1.29, 1.82) is 0 Å². The van der Waals surface area contributed by atoms with Crippen molar-refractivity contribution in [2.45, 2.75) is 6.92 Å². The third-order valence-electron chi connectivity index (χ3n) is 1.56. The van der Waals surface area contributed by atoms with Crippen molar-refractivity contribution in [3.05, 3.63) is 28.0 Å². The first-order valence-corrected chi connectivity index (χ1v) is 4.13. The molecular weight excluding hydrogens is 226 g/mol. The van der Waals surface area contributed by atoms with E-state index in [0.29, 0.717) is 10.0 Å². The van der Waals surface area contributed by atoms with Gasteiger partial charge in [0.15, 0.2) is 0 Å². The molecule has 1 rings (SSSR count). The minimum absolute atomic E-state index is 0.0711. The van der Waals surface area contributed by atoms with Gasteiger partial charge in [-0.05, 0) is 24.6 Å². The minimum Gasteiger partial charge on any atom is -0.423 e. The molecule has 0 atom stereocenters. The number of aryl methyl sites for hydroxylation is 1. The second kappa shape index (κ2) is 3.55. The SMILES string of the molecule is Cc1cc(Br)cc(F)c1B(O)O. The summed E-state index contributed by atoms with van der Waals surface area (Å²) >= 11 is 3.09. The number of benzene rings is 1. The third kappa shape index (κ3) is 1.85. The van der Waals surface area contributed by atoms with Crippen LogP contribution < -0.4 is 5.46 Å². The van der Waals surface area contributed by atoms with Crippen LogP contribution in [0.2, 0.25) is 0 Å². The van der Waals surface area contributed by atoms with E-state index in [1.165, 1.54) is 6.07 Å². The number of halogens is 2. The van der Waals surface area contributed by atoms with Crippen LogP contribution in [-0.2, 0) is 0 Å². The van der Waals surface area contributed by atoms with E-state index < -0.39 is 12.9 Å². The summed E-state index contributed by atoms with van der Waals surface area (Å²) in [5.41, 5.74) is 0.440. The summed E-state index contributed by atoms with van der Waals surface area (Å²) in [6, 6.07) is 2.82. The Balaban J connectivity index is 3.28. The Morgan fingerprint density at radius 1 is 1.42 bits per heavy atom. The molecule has 0 radical (unpaired) electrons. The van der Waals surface area contributed by atoms with Crippen LogP contribution in [0.3, 0.4) is 0 Å². The van der Waals surface area contributed by atoms with Gasteiger partial charge in [-0.1, -0.05) is 15.9 Å². The molecule has 12 heavy (non-hydrogen) atoms. The van der Waals surface area contributed by atoms with Crippen molar-refractivity contribution in [3.8, 4) is 0 Å². The van der Waals surface area contributed by atoms with E-state index in [4.69, 9.17) is 10.0 Å². The molecule has 0 saturated heterocycles. The highest BCUT2D eigenvalue weighted by atomic mass is 79.9. The summed E-state index contributed by atoms with van der Waals surface area (Å²) in [7, 11) is -1.75. The molecule has 0 aliphatic rings. The van der Waals surface area contributed by atoms with Crippen LogP contribution in [0.25, 0.3) is 0 Å². The maximum atomic E-state index is 13.0. The molecule has 64 valence electrons. The van der Waals surface area contributed by atoms with Gasteiger partial charge in [0.2, 0.25) is 0 Å². The van der Waals surface area contributed by atoms with Gasteiger partial charge in [0.25, 0.3) is 0 Å². The minimum atomic E-state index is -1.75. The second-order valence-electron chi connectivity index (χ2n) is 2.49. The Hall–Kier alpha value is -0.385. The maximum absolute atomic E-state index is 13.0. The molecule has 2 nitrogen and oxygen atoms in total. The molecule has 0 fully saturated rings. The number of hydrogen-bond acceptors (Lipinski definition) is 2. The van der Waals surface area contributed by atoms with Crippen LogP contribution in [0.1, 0.15) is 5.56 Å². The van der Waals surface area contributed by atoms with Crippen LogP contribution in [0.4, 0.5) is 4.39 Å². The molecule has 0 unspecified atom stereocenters. The zero-order valence-electron chi connectivity index (χ0n) is 6.38. The normalized spacial score (nSPS) is 10.1. The lowest BCUT2D eigenvalue weighted by Crippen LogP contribution is -2.34. The second-order valence-corrected chi connectivity index (χ2v) is 3.41. The summed E-state index contributed by atoms with van der Waals surface area (Å²) < 4.78 is 13.6. The topological polar surface area (TPSA) is 40.5 Å². The molecule has 0 aliphatic heterocycles. The zero-order chi connectivity index (χ0) is 9.30. The predicted octanol–water partition coefficient (Wildman–Crippen LogP) is 0.576.